The zero-order valence-corrected chi connectivity index (χ0v) is 11.1. The Kier molecular flexibility index (Phi) is 4.17. The van der Waals surface area contributed by atoms with Crippen LogP contribution >= 0.6 is 15.9 Å². The maximum absolute atomic E-state index is 12.3. The smallest absolute Gasteiger partial charge is 0.405 e. The minimum absolute atomic E-state index is 0.0754. The number of alkyl halides is 3. The molecule has 0 aliphatic carbocycles. The fourth-order valence-corrected chi connectivity index (χ4v) is 2.51. The third-order valence-electron chi connectivity index (χ3n) is 2.88. The van der Waals surface area contributed by atoms with Crippen LogP contribution < -0.4 is 10.1 Å². The van der Waals surface area contributed by atoms with Crippen LogP contribution in [0.1, 0.15) is 30.9 Å². The van der Waals surface area contributed by atoms with Crippen molar-refractivity contribution in [2.24, 2.45) is 0 Å². The van der Waals surface area contributed by atoms with Gasteiger partial charge in [-0.3, -0.25) is 0 Å². The zero-order chi connectivity index (χ0) is 13.2. The van der Waals surface area contributed by atoms with Gasteiger partial charge < -0.3 is 10.1 Å². The highest BCUT2D eigenvalue weighted by Crippen LogP contribution is 2.35. The Morgan fingerprint density at radius 2 is 2.06 bits per heavy atom. The van der Waals surface area contributed by atoms with Gasteiger partial charge in [-0.05, 0) is 37.6 Å². The van der Waals surface area contributed by atoms with Crippen molar-refractivity contribution in [3.63, 3.8) is 0 Å². The second kappa shape index (κ2) is 5.48. The summed E-state index contributed by atoms with van der Waals surface area (Å²) in [6, 6.07) is 4.51. The summed E-state index contributed by atoms with van der Waals surface area (Å²) in [5.41, 5.74) is 0.557. The molecule has 1 atom stereocenters. The number of benzene rings is 1. The third kappa shape index (κ3) is 3.62. The molecule has 0 spiro atoms. The average Bonchev–Trinajstić information content (AvgIpc) is 2.31. The maximum atomic E-state index is 12.3. The van der Waals surface area contributed by atoms with Crippen LogP contribution in [-0.4, -0.2) is 12.9 Å². The second-order valence-corrected chi connectivity index (χ2v) is 5.15. The maximum Gasteiger partial charge on any atom is 0.573 e. The van der Waals surface area contributed by atoms with Gasteiger partial charge in [0.25, 0.3) is 0 Å². The Morgan fingerprint density at radius 3 is 2.67 bits per heavy atom. The molecule has 1 aliphatic heterocycles. The Morgan fingerprint density at radius 1 is 1.28 bits per heavy atom. The largest absolute Gasteiger partial charge is 0.573 e. The summed E-state index contributed by atoms with van der Waals surface area (Å²) in [7, 11) is 0. The van der Waals surface area contributed by atoms with E-state index in [1.165, 1.54) is 6.07 Å². The molecule has 2 nitrogen and oxygen atoms in total. The van der Waals surface area contributed by atoms with E-state index in [9.17, 15) is 13.2 Å². The van der Waals surface area contributed by atoms with E-state index >= 15 is 0 Å². The van der Waals surface area contributed by atoms with Crippen molar-refractivity contribution < 1.29 is 17.9 Å². The number of nitrogens with one attached hydrogen (secondary N) is 1. The summed E-state index contributed by atoms with van der Waals surface area (Å²) in [4.78, 5) is 0. The Balaban J connectivity index is 2.28. The number of ether oxygens (including phenoxy) is 1. The van der Waals surface area contributed by atoms with E-state index in [0.29, 0.717) is 5.56 Å². The molecule has 100 valence electrons. The monoisotopic (exact) mass is 323 g/mol. The third-order valence-corrected chi connectivity index (χ3v) is 3.38. The van der Waals surface area contributed by atoms with Gasteiger partial charge >= 0.3 is 6.36 Å². The van der Waals surface area contributed by atoms with Crippen LogP contribution in [0.3, 0.4) is 0 Å². The van der Waals surface area contributed by atoms with Crippen molar-refractivity contribution in [1.82, 2.24) is 5.32 Å². The van der Waals surface area contributed by atoms with Crippen LogP contribution in [0, 0.1) is 0 Å². The quantitative estimate of drug-likeness (QED) is 0.882. The van der Waals surface area contributed by atoms with E-state index in [-0.39, 0.29) is 11.8 Å². The van der Waals surface area contributed by atoms with Crippen molar-refractivity contribution in [2.45, 2.75) is 31.7 Å². The van der Waals surface area contributed by atoms with E-state index in [0.717, 1.165) is 30.3 Å². The molecule has 1 N–H and O–H groups in total. The first-order valence-corrected chi connectivity index (χ1v) is 6.53. The molecule has 6 heteroatoms. The second-order valence-electron chi connectivity index (χ2n) is 4.23. The van der Waals surface area contributed by atoms with Crippen LogP contribution in [0.15, 0.2) is 22.7 Å². The SMILES string of the molecule is FC(F)(F)Oc1ccc(Br)cc1[C@H]1CCCCN1. The van der Waals surface area contributed by atoms with Crippen LogP contribution in [0.4, 0.5) is 13.2 Å². The molecule has 18 heavy (non-hydrogen) atoms. The summed E-state index contributed by atoms with van der Waals surface area (Å²) in [5.74, 6) is -0.120. The standard InChI is InChI=1S/C12H13BrF3NO/c13-8-4-5-11(18-12(14,15)16)9(7-8)10-3-1-2-6-17-10/h4-5,7,10,17H,1-3,6H2/t10-/m1/s1. The van der Waals surface area contributed by atoms with E-state index in [1.54, 1.807) is 12.1 Å². The number of piperidine rings is 1. The highest BCUT2D eigenvalue weighted by atomic mass is 79.9. The minimum atomic E-state index is -4.66. The molecule has 1 aliphatic rings. The fourth-order valence-electron chi connectivity index (χ4n) is 2.13. The average molecular weight is 324 g/mol. The van der Waals surface area contributed by atoms with Gasteiger partial charge in [-0.1, -0.05) is 22.4 Å². The number of hydrogen-bond acceptors (Lipinski definition) is 2. The molecule has 1 heterocycles. The lowest BCUT2D eigenvalue weighted by molar-refractivity contribution is -0.275. The topological polar surface area (TPSA) is 21.3 Å². The van der Waals surface area contributed by atoms with Crippen LogP contribution in [0.25, 0.3) is 0 Å². The molecule has 0 amide bonds. The lowest BCUT2D eigenvalue weighted by Gasteiger charge is -2.26. The van der Waals surface area contributed by atoms with Crippen LogP contribution in [0.5, 0.6) is 5.75 Å². The van der Waals surface area contributed by atoms with Gasteiger partial charge in [-0.2, -0.15) is 0 Å². The van der Waals surface area contributed by atoms with Crippen molar-refractivity contribution in [1.29, 1.82) is 0 Å². The molecule has 1 saturated heterocycles. The van der Waals surface area contributed by atoms with Crippen molar-refractivity contribution in [2.75, 3.05) is 6.54 Å². The predicted molar refractivity (Wildman–Crippen MR) is 65.4 cm³/mol. The Labute approximate surface area is 112 Å². The molecule has 1 fully saturated rings. The normalized spacial score (nSPS) is 20.8. The van der Waals surface area contributed by atoms with E-state index in [2.05, 4.69) is 26.0 Å². The summed E-state index contributed by atoms with van der Waals surface area (Å²) in [5, 5.41) is 3.22. The first-order valence-electron chi connectivity index (χ1n) is 5.74. The molecule has 2 rings (SSSR count). The number of rotatable bonds is 2. The molecule has 1 aromatic carbocycles. The van der Waals surface area contributed by atoms with Gasteiger partial charge in [0.2, 0.25) is 0 Å². The first kappa shape index (κ1) is 13.7. The van der Waals surface area contributed by atoms with Crippen LogP contribution in [-0.2, 0) is 0 Å². The molecule has 0 radical (unpaired) electrons. The summed E-state index contributed by atoms with van der Waals surface area (Å²) in [6.07, 6.45) is -1.77. The number of halogens is 4. The highest BCUT2D eigenvalue weighted by molar-refractivity contribution is 9.10. The summed E-state index contributed by atoms with van der Waals surface area (Å²) < 4.78 is 41.8. The van der Waals surface area contributed by atoms with Gasteiger partial charge in [0, 0.05) is 16.1 Å². The lowest BCUT2D eigenvalue weighted by Crippen LogP contribution is -2.28. The Bertz CT molecular complexity index is 416. The van der Waals surface area contributed by atoms with Gasteiger partial charge in [-0.15, -0.1) is 13.2 Å². The van der Waals surface area contributed by atoms with Gasteiger partial charge in [0.05, 0.1) is 0 Å². The van der Waals surface area contributed by atoms with Gasteiger partial charge in [0.1, 0.15) is 5.75 Å². The molecule has 0 unspecified atom stereocenters. The van der Waals surface area contributed by atoms with Gasteiger partial charge in [-0.25, -0.2) is 0 Å². The Hall–Kier alpha value is -0.750. The molecule has 0 saturated carbocycles. The van der Waals surface area contributed by atoms with E-state index in [1.807, 2.05) is 0 Å². The zero-order valence-electron chi connectivity index (χ0n) is 9.56. The highest BCUT2D eigenvalue weighted by Gasteiger charge is 2.33. The van der Waals surface area contributed by atoms with Crippen molar-refractivity contribution in [3.05, 3.63) is 28.2 Å². The van der Waals surface area contributed by atoms with Crippen molar-refractivity contribution in [3.8, 4) is 5.75 Å². The van der Waals surface area contributed by atoms with Gasteiger partial charge in [0.15, 0.2) is 0 Å². The van der Waals surface area contributed by atoms with E-state index in [4.69, 9.17) is 0 Å². The molecule has 1 aromatic rings. The minimum Gasteiger partial charge on any atom is -0.405 e. The predicted octanol–water partition coefficient (Wildman–Crippen LogP) is 4.16. The summed E-state index contributed by atoms with van der Waals surface area (Å²) >= 11 is 3.28. The molecular weight excluding hydrogens is 311 g/mol. The number of hydrogen-bond donors (Lipinski definition) is 1. The van der Waals surface area contributed by atoms with Crippen LogP contribution in [0.2, 0.25) is 0 Å². The first-order chi connectivity index (χ1) is 8.46. The molecular formula is C12H13BrF3NO. The summed E-state index contributed by atoms with van der Waals surface area (Å²) in [6.45, 7) is 0.822. The fraction of sp³-hybridized carbons (Fsp3) is 0.500. The lowest BCUT2D eigenvalue weighted by atomic mass is 9.97. The van der Waals surface area contributed by atoms with E-state index < -0.39 is 6.36 Å². The van der Waals surface area contributed by atoms with Crippen molar-refractivity contribution >= 4 is 15.9 Å². The molecule has 0 bridgehead atoms. The molecule has 0 aromatic heterocycles.